The molecular weight excluding hydrogens is 214 g/mol. The van der Waals surface area contributed by atoms with E-state index in [1.165, 1.54) is 19.3 Å². The molecule has 100 valence electrons. The van der Waals surface area contributed by atoms with E-state index in [0.717, 1.165) is 32.3 Å². The van der Waals surface area contributed by atoms with Crippen LogP contribution in [0.2, 0.25) is 0 Å². The van der Waals surface area contributed by atoms with Crippen LogP contribution in [0.1, 0.15) is 40.0 Å². The van der Waals surface area contributed by atoms with Gasteiger partial charge in [0.15, 0.2) is 0 Å². The zero-order valence-corrected chi connectivity index (χ0v) is 11.5. The Labute approximate surface area is 105 Å². The molecule has 17 heavy (non-hydrogen) atoms. The topological polar surface area (TPSA) is 30.5 Å². The normalized spacial score (nSPS) is 33.4. The maximum absolute atomic E-state index is 6.11. The molecule has 2 unspecified atom stereocenters. The maximum atomic E-state index is 6.11. The van der Waals surface area contributed by atoms with Crippen LogP contribution < -0.4 is 5.32 Å². The average molecular weight is 241 g/mol. The van der Waals surface area contributed by atoms with Crippen LogP contribution in [0.5, 0.6) is 0 Å². The zero-order valence-electron chi connectivity index (χ0n) is 11.5. The lowest BCUT2D eigenvalue weighted by Gasteiger charge is -2.52. The Kier molecular flexibility index (Phi) is 4.45. The van der Waals surface area contributed by atoms with Crippen molar-refractivity contribution in [3.63, 3.8) is 0 Å². The highest BCUT2D eigenvalue weighted by Crippen LogP contribution is 2.43. The van der Waals surface area contributed by atoms with Gasteiger partial charge in [0.05, 0.1) is 6.10 Å². The Balaban J connectivity index is 1.70. The van der Waals surface area contributed by atoms with Crippen LogP contribution in [-0.2, 0) is 9.47 Å². The highest BCUT2D eigenvalue weighted by molar-refractivity contribution is 5.02. The van der Waals surface area contributed by atoms with E-state index in [9.17, 15) is 0 Å². The SMILES string of the molecule is CCNC1CC(OCC2CCOCC2)C1(C)C. The van der Waals surface area contributed by atoms with Gasteiger partial charge < -0.3 is 14.8 Å². The highest BCUT2D eigenvalue weighted by atomic mass is 16.5. The van der Waals surface area contributed by atoms with Gasteiger partial charge in [-0.15, -0.1) is 0 Å². The van der Waals surface area contributed by atoms with Crippen molar-refractivity contribution < 1.29 is 9.47 Å². The Hall–Kier alpha value is -0.120. The van der Waals surface area contributed by atoms with Gasteiger partial charge in [-0.3, -0.25) is 0 Å². The summed E-state index contributed by atoms with van der Waals surface area (Å²) >= 11 is 0. The summed E-state index contributed by atoms with van der Waals surface area (Å²) < 4.78 is 11.5. The number of hydrogen-bond donors (Lipinski definition) is 1. The molecular formula is C14H27NO2. The predicted molar refractivity (Wildman–Crippen MR) is 69.1 cm³/mol. The monoisotopic (exact) mass is 241 g/mol. The van der Waals surface area contributed by atoms with Crippen LogP contribution in [0.15, 0.2) is 0 Å². The molecule has 0 bridgehead atoms. The van der Waals surface area contributed by atoms with Gasteiger partial charge in [0, 0.05) is 31.3 Å². The molecule has 1 N–H and O–H groups in total. The standard InChI is InChI=1S/C14H27NO2/c1-4-15-12-9-13(14(12,2)3)17-10-11-5-7-16-8-6-11/h11-13,15H,4-10H2,1-3H3. The molecule has 1 saturated heterocycles. The quantitative estimate of drug-likeness (QED) is 0.800. The fourth-order valence-corrected chi connectivity index (χ4v) is 2.93. The molecule has 0 amide bonds. The Morgan fingerprint density at radius 3 is 2.59 bits per heavy atom. The Bertz CT molecular complexity index is 236. The van der Waals surface area contributed by atoms with Gasteiger partial charge >= 0.3 is 0 Å². The third kappa shape index (κ3) is 3.01. The molecule has 0 spiro atoms. The second-order valence-electron chi connectivity index (χ2n) is 6.05. The lowest BCUT2D eigenvalue weighted by molar-refractivity contribution is -0.131. The first-order valence-corrected chi connectivity index (χ1v) is 7.07. The maximum Gasteiger partial charge on any atom is 0.0656 e. The average Bonchev–Trinajstić information content (AvgIpc) is 2.34. The molecule has 2 atom stereocenters. The summed E-state index contributed by atoms with van der Waals surface area (Å²) in [6, 6.07) is 0.632. The van der Waals surface area contributed by atoms with Crippen molar-refractivity contribution in [1.29, 1.82) is 0 Å². The molecule has 0 radical (unpaired) electrons. The Morgan fingerprint density at radius 2 is 2.00 bits per heavy atom. The number of ether oxygens (including phenoxy) is 2. The van der Waals surface area contributed by atoms with Crippen molar-refractivity contribution in [3.8, 4) is 0 Å². The van der Waals surface area contributed by atoms with E-state index in [2.05, 4.69) is 26.1 Å². The van der Waals surface area contributed by atoms with Gasteiger partial charge in [0.1, 0.15) is 0 Å². The second-order valence-corrected chi connectivity index (χ2v) is 6.05. The summed E-state index contributed by atoms with van der Waals surface area (Å²) in [5.41, 5.74) is 0.293. The largest absolute Gasteiger partial charge is 0.381 e. The van der Waals surface area contributed by atoms with Gasteiger partial charge in [-0.05, 0) is 31.7 Å². The van der Waals surface area contributed by atoms with Gasteiger partial charge in [-0.25, -0.2) is 0 Å². The summed E-state index contributed by atoms with van der Waals surface area (Å²) in [5.74, 6) is 0.720. The zero-order chi connectivity index (χ0) is 12.3. The van der Waals surface area contributed by atoms with Crippen molar-refractivity contribution in [3.05, 3.63) is 0 Å². The van der Waals surface area contributed by atoms with Gasteiger partial charge in [0.25, 0.3) is 0 Å². The molecule has 0 aromatic carbocycles. The molecule has 1 aliphatic carbocycles. The van der Waals surface area contributed by atoms with Gasteiger partial charge in [0.2, 0.25) is 0 Å². The fourth-order valence-electron chi connectivity index (χ4n) is 2.93. The molecule has 1 aliphatic heterocycles. The summed E-state index contributed by atoms with van der Waals surface area (Å²) in [4.78, 5) is 0. The van der Waals surface area contributed by atoms with Crippen LogP contribution in [0, 0.1) is 11.3 Å². The lowest BCUT2D eigenvalue weighted by Crippen LogP contribution is -2.61. The molecule has 2 rings (SSSR count). The molecule has 3 nitrogen and oxygen atoms in total. The molecule has 0 aromatic heterocycles. The van der Waals surface area contributed by atoms with Crippen molar-refractivity contribution in [2.75, 3.05) is 26.4 Å². The van der Waals surface area contributed by atoms with E-state index in [0.29, 0.717) is 17.6 Å². The predicted octanol–water partition coefficient (Wildman–Crippen LogP) is 2.21. The molecule has 2 aliphatic rings. The minimum Gasteiger partial charge on any atom is -0.381 e. The van der Waals surface area contributed by atoms with E-state index in [4.69, 9.17) is 9.47 Å². The van der Waals surface area contributed by atoms with Crippen molar-refractivity contribution in [2.45, 2.75) is 52.2 Å². The fraction of sp³-hybridized carbons (Fsp3) is 1.00. The smallest absolute Gasteiger partial charge is 0.0656 e. The summed E-state index contributed by atoms with van der Waals surface area (Å²) in [5, 5.41) is 3.54. The summed E-state index contributed by atoms with van der Waals surface area (Å²) in [6.07, 6.45) is 3.95. The molecule has 2 fully saturated rings. The summed E-state index contributed by atoms with van der Waals surface area (Å²) in [7, 11) is 0. The van der Waals surface area contributed by atoms with Crippen molar-refractivity contribution in [2.24, 2.45) is 11.3 Å². The van der Waals surface area contributed by atoms with Gasteiger partial charge in [-0.1, -0.05) is 20.8 Å². The van der Waals surface area contributed by atoms with Crippen LogP contribution in [0.4, 0.5) is 0 Å². The Morgan fingerprint density at radius 1 is 1.29 bits per heavy atom. The molecule has 1 heterocycles. The van der Waals surface area contributed by atoms with Crippen LogP contribution in [0.3, 0.4) is 0 Å². The van der Waals surface area contributed by atoms with Crippen LogP contribution in [-0.4, -0.2) is 38.5 Å². The third-order valence-corrected chi connectivity index (χ3v) is 4.50. The van der Waals surface area contributed by atoms with Crippen LogP contribution in [0.25, 0.3) is 0 Å². The van der Waals surface area contributed by atoms with Crippen molar-refractivity contribution >= 4 is 0 Å². The minimum atomic E-state index is 0.293. The van der Waals surface area contributed by atoms with Crippen LogP contribution >= 0.6 is 0 Å². The first-order valence-electron chi connectivity index (χ1n) is 7.07. The molecule has 1 saturated carbocycles. The van der Waals surface area contributed by atoms with E-state index >= 15 is 0 Å². The van der Waals surface area contributed by atoms with E-state index in [-0.39, 0.29) is 0 Å². The first kappa shape index (κ1) is 13.3. The first-order chi connectivity index (χ1) is 8.14. The number of rotatable bonds is 5. The second kappa shape index (κ2) is 5.68. The highest BCUT2D eigenvalue weighted by Gasteiger charge is 2.48. The lowest BCUT2D eigenvalue weighted by atomic mass is 9.64. The van der Waals surface area contributed by atoms with E-state index in [1.54, 1.807) is 0 Å². The minimum absolute atomic E-state index is 0.293. The molecule has 0 aromatic rings. The van der Waals surface area contributed by atoms with E-state index in [1.807, 2.05) is 0 Å². The number of hydrogen-bond acceptors (Lipinski definition) is 3. The third-order valence-electron chi connectivity index (χ3n) is 4.50. The number of nitrogens with one attached hydrogen (secondary N) is 1. The van der Waals surface area contributed by atoms with Crippen molar-refractivity contribution in [1.82, 2.24) is 5.32 Å². The summed E-state index contributed by atoms with van der Waals surface area (Å²) in [6.45, 7) is 10.6. The van der Waals surface area contributed by atoms with Gasteiger partial charge in [-0.2, -0.15) is 0 Å². The molecule has 3 heteroatoms. The van der Waals surface area contributed by atoms with E-state index < -0.39 is 0 Å².